The lowest BCUT2D eigenvalue weighted by Crippen LogP contribution is -2.16. The second-order valence-corrected chi connectivity index (χ2v) is 4.80. The van der Waals surface area contributed by atoms with Gasteiger partial charge >= 0.3 is 0 Å². The molecule has 0 bridgehead atoms. The first-order valence-electron chi connectivity index (χ1n) is 6.81. The van der Waals surface area contributed by atoms with Gasteiger partial charge in [-0.25, -0.2) is 0 Å². The van der Waals surface area contributed by atoms with E-state index in [0.717, 1.165) is 24.0 Å². The lowest BCUT2D eigenvalue weighted by molar-refractivity contribution is -0.116. The van der Waals surface area contributed by atoms with Crippen LogP contribution in [0.5, 0.6) is 0 Å². The molecule has 0 aromatic heterocycles. The van der Waals surface area contributed by atoms with Crippen molar-refractivity contribution in [2.75, 3.05) is 0 Å². The molecular weight excluding hydrogens is 236 g/mol. The van der Waals surface area contributed by atoms with E-state index >= 15 is 0 Å². The summed E-state index contributed by atoms with van der Waals surface area (Å²) in [6, 6.07) is 9.95. The number of hydrogen-bond acceptors (Lipinski definition) is 1. The van der Waals surface area contributed by atoms with E-state index in [9.17, 15) is 4.79 Å². The fourth-order valence-corrected chi connectivity index (χ4v) is 2.35. The van der Waals surface area contributed by atoms with E-state index in [1.165, 1.54) is 12.8 Å². The highest BCUT2D eigenvalue weighted by Crippen LogP contribution is 2.26. The molecule has 1 aromatic rings. The smallest absolute Gasteiger partial charge is 0.170 e. The fraction of sp³-hybridized carbons (Fsp3) is 0.353. The van der Waals surface area contributed by atoms with Gasteiger partial charge in [0, 0.05) is 11.5 Å². The summed E-state index contributed by atoms with van der Waals surface area (Å²) in [5, 5.41) is 0. The molecule has 1 atom stereocenters. The molecule has 0 radical (unpaired) electrons. The third-order valence-electron chi connectivity index (χ3n) is 3.41. The normalized spacial score (nSPS) is 17.8. The predicted molar refractivity (Wildman–Crippen MR) is 79.8 cm³/mol. The summed E-state index contributed by atoms with van der Waals surface area (Å²) in [7, 11) is 0. The number of benzene rings is 1. The number of hydrogen-bond donors (Lipinski definition) is 0. The molecule has 0 heterocycles. The first kappa shape index (κ1) is 15.4. The highest BCUT2D eigenvalue weighted by Gasteiger charge is 2.22. The van der Waals surface area contributed by atoms with Crippen LogP contribution in [0.3, 0.4) is 0 Å². The molecule has 0 saturated heterocycles. The van der Waals surface area contributed by atoms with Crippen LogP contribution in [0.25, 0.3) is 5.57 Å². The Morgan fingerprint density at radius 2 is 1.84 bits per heavy atom. The van der Waals surface area contributed by atoms with Gasteiger partial charge < -0.3 is 5.48 Å². The largest absolute Gasteiger partial charge is 0.412 e. The average Bonchev–Trinajstić information content (AvgIpc) is 2.42. The summed E-state index contributed by atoms with van der Waals surface area (Å²) in [5.74, 6) is 0.358. The number of ketones is 1. The van der Waals surface area contributed by atoms with Crippen molar-refractivity contribution in [3.63, 3.8) is 0 Å². The summed E-state index contributed by atoms with van der Waals surface area (Å²) >= 11 is 0. The van der Waals surface area contributed by atoms with E-state index in [1.54, 1.807) is 0 Å². The molecule has 1 aliphatic rings. The third kappa shape index (κ3) is 3.90. The molecular formula is C17H22O2. The molecule has 2 rings (SSSR count). The van der Waals surface area contributed by atoms with E-state index in [0.29, 0.717) is 0 Å². The van der Waals surface area contributed by atoms with Crippen LogP contribution in [0.2, 0.25) is 0 Å². The molecule has 0 saturated carbocycles. The van der Waals surface area contributed by atoms with Crippen LogP contribution >= 0.6 is 0 Å². The van der Waals surface area contributed by atoms with Crippen molar-refractivity contribution in [1.29, 1.82) is 0 Å². The number of carbonyl (C=O) groups excluding carboxylic acids is 1. The highest BCUT2D eigenvalue weighted by molar-refractivity contribution is 6.23. The number of unbranched alkanes of at least 4 members (excludes halogenated alkanes) is 2. The van der Waals surface area contributed by atoms with Crippen molar-refractivity contribution in [2.24, 2.45) is 5.92 Å². The van der Waals surface area contributed by atoms with Gasteiger partial charge in [-0.3, -0.25) is 4.79 Å². The Morgan fingerprint density at radius 3 is 2.53 bits per heavy atom. The standard InChI is InChI=1S/C17H20O.H2O/c1-2-3-5-11-15-12-8-13-16(17(15)18)14-9-6-4-7-10-14;/h4,6-10,12-13,15H,2-3,5,11H2,1H3;1H2. The van der Waals surface area contributed by atoms with Gasteiger partial charge in [-0.2, -0.15) is 0 Å². The quantitative estimate of drug-likeness (QED) is 0.745. The van der Waals surface area contributed by atoms with Crippen molar-refractivity contribution in [3.05, 3.63) is 54.1 Å². The minimum atomic E-state index is 0. The number of Topliss-reactive ketones (excluding diaryl/α,β-unsaturated/α-hetero) is 1. The van der Waals surface area contributed by atoms with Crippen molar-refractivity contribution in [1.82, 2.24) is 0 Å². The molecule has 1 aromatic carbocycles. The summed E-state index contributed by atoms with van der Waals surface area (Å²) < 4.78 is 0. The SMILES string of the molecule is CCCCCC1C=CC=C(c2ccccc2)C1=O.O. The van der Waals surface area contributed by atoms with Gasteiger partial charge in [0.25, 0.3) is 0 Å². The maximum absolute atomic E-state index is 12.4. The van der Waals surface area contributed by atoms with Crippen LogP contribution < -0.4 is 0 Å². The Morgan fingerprint density at radius 1 is 1.11 bits per heavy atom. The van der Waals surface area contributed by atoms with Gasteiger partial charge in [-0.1, -0.05) is 74.7 Å². The van der Waals surface area contributed by atoms with E-state index in [4.69, 9.17) is 0 Å². The number of rotatable bonds is 5. The van der Waals surface area contributed by atoms with E-state index < -0.39 is 0 Å². The molecule has 0 spiro atoms. The fourth-order valence-electron chi connectivity index (χ4n) is 2.35. The third-order valence-corrected chi connectivity index (χ3v) is 3.41. The molecule has 2 heteroatoms. The van der Waals surface area contributed by atoms with Gasteiger partial charge in [-0.05, 0) is 12.0 Å². The van der Waals surface area contributed by atoms with Crippen LogP contribution in [-0.2, 0) is 4.79 Å². The van der Waals surface area contributed by atoms with E-state index in [-0.39, 0.29) is 17.2 Å². The molecule has 19 heavy (non-hydrogen) atoms. The van der Waals surface area contributed by atoms with E-state index in [2.05, 4.69) is 6.92 Å². The van der Waals surface area contributed by atoms with Crippen LogP contribution in [0, 0.1) is 5.92 Å². The number of carbonyl (C=O) groups is 1. The second-order valence-electron chi connectivity index (χ2n) is 4.80. The molecule has 2 N–H and O–H groups in total. The monoisotopic (exact) mass is 258 g/mol. The summed E-state index contributed by atoms with van der Waals surface area (Å²) in [5.41, 5.74) is 1.90. The molecule has 0 fully saturated rings. The van der Waals surface area contributed by atoms with Crippen molar-refractivity contribution >= 4 is 11.4 Å². The molecule has 2 nitrogen and oxygen atoms in total. The van der Waals surface area contributed by atoms with Crippen molar-refractivity contribution < 1.29 is 10.3 Å². The lowest BCUT2D eigenvalue weighted by atomic mass is 9.85. The first-order valence-corrected chi connectivity index (χ1v) is 6.81. The van der Waals surface area contributed by atoms with E-state index in [1.807, 2.05) is 48.6 Å². The molecule has 102 valence electrons. The van der Waals surface area contributed by atoms with Gasteiger partial charge in [0.15, 0.2) is 5.78 Å². The van der Waals surface area contributed by atoms with Gasteiger partial charge in [0.1, 0.15) is 0 Å². The maximum Gasteiger partial charge on any atom is 0.170 e. The Bertz CT molecular complexity index is 457. The Labute approximate surface area is 115 Å². The molecule has 1 unspecified atom stereocenters. The molecule has 0 amide bonds. The first-order chi connectivity index (χ1) is 8.83. The average molecular weight is 258 g/mol. The maximum atomic E-state index is 12.4. The highest BCUT2D eigenvalue weighted by atomic mass is 16.1. The minimum Gasteiger partial charge on any atom is -0.412 e. The van der Waals surface area contributed by atoms with Crippen LogP contribution in [0.1, 0.15) is 38.2 Å². The zero-order valence-electron chi connectivity index (χ0n) is 11.4. The Hall–Kier alpha value is -1.67. The van der Waals surface area contributed by atoms with Crippen LogP contribution in [-0.4, -0.2) is 11.3 Å². The van der Waals surface area contributed by atoms with Gasteiger partial charge in [-0.15, -0.1) is 0 Å². The van der Waals surface area contributed by atoms with Crippen molar-refractivity contribution in [3.8, 4) is 0 Å². The van der Waals surface area contributed by atoms with Crippen LogP contribution in [0.4, 0.5) is 0 Å². The predicted octanol–water partition coefficient (Wildman–Crippen LogP) is 3.58. The summed E-state index contributed by atoms with van der Waals surface area (Å²) in [6.45, 7) is 2.19. The lowest BCUT2D eigenvalue weighted by Gasteiger charge is -2.17. The van der Waals surface area contributed by atoms with Gasteiger partial charge in [0.05, 0.1) is 0 Å². The van der Waals surface area contributed by atoms with Crippen molar-refractivity contribution in [2.45, 2.75) is 32.6 Å². The van der Waals surface area contributed by atoms with Crippen LogP contribution in [0.15, 0.2) is 48.6 Å². The second kappa shape index (κ2) is 7.70. The Balaban J connectivity index is 0.00000180. The topological polar surface area (TPSA) is 48.6 Å². The zero-order chi connectivity index (χ0) is 12.8. The summed E-state index contributed by atoms with van der Waals surface area (Å²) in [6.07, 6.45) is 10.5. The summed E-state index contributed by atoms with van der Waals surface area (Å²) in [4.78, 5) is 12.4. The molecule has 1 aliphatic carbocycles. The molecule has 0 aliphatic heterocycles. The zero-order valence-corrected chi connectivity index (χ0v) is 11.4. The number of allylic oxidation sites excluding steroid dienone is 4. The Kier molecular flexibility index (Phi) is 6.23. The minimum absolute atomic E-state index is 0. The van der Waals surface area contributed by atoms with Gasteiger partial charge in [0.2, 0.25) is 0 Å².